The van der Waals surface area contributed by atoms with E-state index in [0.29, 0.717) is 30.5 Å². The maximum Gasteiger partial charge on any atom is 0.573 e. The molecule has 11 heteroatoms. The molecule has 1 heterocycles. The molecule has 0 unspecified atom stereocenters. The number of likely N-dealkylation sites (N-methyl/N-ethyl adjacent to an activating group) is 1. The predicted molar refractivity (Wildman–Crippen MR) is 112 cm³/mol. The SMILES string of the molecule is CN(Cc1ccc(F)cc1)C(=O)C=C1CCCCN1S(=O)(=O)c1ccc(OC(F)(F)F)cc1. The van der Waals surface area contributed by atoms with Gasteiger partial charge in [0.1, 0.15) is 11.6 Å². The summed E-state index contributed by atoms with van der Waals surface area (Å²) < 4.78 is 81.3. The first-order valence-corrected chi connectivity index (χ1v) is 11.5. The van der Waals surface area contributed by atoms with Crippen molar-refractivity contribution in [3.8, 4) is 5.75 Å². The molecule has 0 radical (unpaired) electrons. The zero-order valence-corrected chi connectivity index (χ0v) is 18.5. The molecule has 2 aromatic rings. The van der Waals surface area contributed by atoms with E-state index in [2.05, 4.69) is 4.74 Å². The number of sulfonamides is 1. The van der Waals surface area contributed by atoms with Gasteiger partial charge in [0.05, 0.1) is 4.90 Å². The molecule has 1 saturated heterocycles. The number of benzene rings is 2. The van der Waals surface area contributed by atoms with E-state index in [9.17, 15) is 30.8 Å². The normalized spacial score (nSPS) is 16.0. The summed E-state index contributed by atoms with van der Waals surface area (Å²) in [6.45, 7) is 0.347. The first kappa shape index (κ1) is 24.6. The molecule has 0 N–H and O–H groups in total. The van der Waals surface area contributed by atoms with Gasteiger partial charge in [-0.15, -0.1) is 13.2 Å². The van der Waals surface area contributed by atoms with Crippen LogP contribution in [0.1, 0.15) is 24.8 Å². The standard InChI is InChI=1S/C22H22F4N2O4S/c1-27(15-16-5-7-17(23)8-6-16)21(29)14-18-4-2-3-13-28(18)33(30,31)20-11-9-19(10-12-20)32-22(24,25)26/h5-12,14H,2-4,13,15H2,1H3. The monoisotopic (exact) mass is 486 g/mol. The molecule has 1 aliphatic heterocycles. The van der Waals surface area contributed by atoms with Crippen molar-refractivity contribution in [3.63, 3.8) is 0 Å². The van der Waals surface area contributed by atoms with E-state index in [-0.39, 0.29) is 18.0 Å². The summed E-state index contributed by atoms with van der Waals surface area (Å²) in [6, 6.07) is 9.59. The molecule has 1 aliphatic rings. The lowest BCUT2D eigenvalue weighted by Gasteiger charge is -2.31. The maximum atomic E-state index is 13.1. The maximum absolute atomic E-state index is 13.1. The highest BCUT2D eigenvalue weighted by molar-refractivity contribution is 7.89. The molecule has 0 bridgehead atoms. The van der Waals surface area contributed by atoms with Crippen LogP contribution in [0.3, 0.4) is 0 Å². The Bertz CT molecular complexity index is 1110. The number of nitrogens with zero attached hydrogens (tertiary/aromatic N) is 2. The zero-order valence-electron chi connectivity index (χ0n) is 17.7. The number of carbonyl (C=O) groups is 1. The highest BCUT2D eigenvalue weighted by Crippen LogP contribution is 2.30. The zero-order chi connectivity index (χ0) is 24.2. The minimum atomic E-state index is -4.89. The average Bonchev–Trinajstić information content (AvgIpc) is 2.75. The van der Waals surface area contributed by atoms with E-state index in [1.165, 1.54) is 23.1 Å². The number of alkyl halides is 3. The third kappa shape index (κ3) is 6.47. The summed E-state index contributed by atoms with van der Waals surface area (Å²) in [6.07, 6.45) is -2.02. The molecule has 178 valence electrons. The van der Waals surface area contributed by atoms with Crippen LogP contribution in [0.5, 0.6) is 5.75 Å². The molecule has 2 aromatic carbocycles. The Balaban J connectivity index is 1.78. The average molecular weight is 486 g/mol. The highest BCUT2D eigenvalue weighted by Gasteiger charge is 2.32. The van der Waals surface area contributed by atoms with Crippen molar-refractivity contribution in [2.24, 2.45) is 0 Å². The number of amides is 1. The van der Waals surface area contributed by atoms with Crippen molar-refractivity contribution in [1.82, 2.24) is 9.21 Å². The third-order valence-electron chi connectivity index (χ3n) is 5.01. The summed E-state index contributed by atoms with van der Waals surface area (Å²) in [4.78, 5) is 13.9. The molecule has 1 fully saturated rings. The fraction of sp³-hybridized carbons (Fsp3) is 0.318. The van der Waals surface area contributed by atoms with Crippen molar-refractivity contribution in [3.05, 3.63) is 71.7 Å². The Kier molecular flexibility index (Phi) is 7.31. The van der Waals surface area contributed by atoms with Gasteiger partial charge in [0.25, 0.3) is 10.0 Å². The number of allylic oxidation sites excluding steroid dienone is 1. The van der Waals surface area contributed by atoms with Crippen LogP contribution < -0.4 is 4.74 Å². The number of hydrogen-bond acceptors (Lipinski definition) is 4. The van der Waals surface area contributed by atoms with Gasteiger partial charge in [-0.2, -0.15) is 0 Å². The van der Waals surface area contributed by atoms with Gasteiger partial charge >= 0.3 is 6.36 Å². The van der Waals surface area contributed by atoms with Crippen LogP contribution in [0.25, 0.3) is 0 Å². The molecule has 0 atom stereocenters. The molecule has 6 nitrogen and oxygen atoms in total. The van der Waals surface area contributed by atoms with Gasteiger partial charge in [-0.05, 0) is 61.2 Å². The second-order valence-electron chi connectivity index (χ2n) is 7.51. The van der Waals surface area contributed by atoms with Crippen molar-refractivity contribution < 1.29 is 35.5 Å². The van der Waals surface area contributed by atoms with Crippen molar-refractivity contribution in [1.29, 1.82) is 0 Å². The summed E-state index contributed by atoms with van der Waals surface area (Å²) in [5.74, 6) is -1.35. The molecule has 0 saturated carbocycles. The van der Waals surface area contributed by atoms with E-state index in [1.54, 1.807) is 19.2 Å². The van der Waals surface area contributed by atoms with Gasteiger partial charge in [-0.3, -0.25) is 9.10 Å². The summed E-state index contributed by atoms with van der Waals surface area (Å²) in [5.41, 5.74) is 1.01. The Morgan fingerprint density at radius 1 is 1.09 bits per heavy atom. The number of piperidine rings is 1. The van der Waals surface area contributed by atoms with Crippen LogP contribution in [0, 0.1) is 5.82 Å². The number of ether oxygens (including phenoxy) is 1. The molecule has 0 aromatic heterocycles. The van der Waals surface area contributed by atoms with E-state index in [1.807, 2.05) is 0 Å². The topological polar surface area (TPSA) is 66.9 Å². The van der Waals surface area contributed by atoms with Crippen LogP contribution >= 0.6 is 0 Å². The first-order valence-electron chi connectivity index (χ1n) is 10.0. The number of hydrogen-bond donors (Lipinski definition) is 0. The van der Waals surface area contributed by atoms with Crippen LogP contribution in [0.15, 0.2) is 65.2 Å². The smallest absolute Gasteiger partial charge is 0.406 e. The van der Waals surface area contributed by atoms with Gasteiger partial charge in [0, 0.05) is 31.9 Å². The summed E-state index contributed by atoms with van der Waals surface area (Å²) in [5, 5.41) is 0. The van der Waals surface area contributed by atoms with Crippen LogP contribution in [0.4, 0.5) is 17.6 Å². The largest absolute Gasteiger partial charge is 0.573 e. The van der Waals surface area contributed by atoms with Crippen molar-refractivity contribution in [2.45, 2.75) is 37.1 Å². The van der Waals surface area contributed by atoms with Crippen molar-refractivity contribution >= 4 is 15.9 Å². The number of carbonyl (C=O) groups excluding carboxylic acids is 1. The molecule has 0 spiro atoms. The van der Waals surface area contributed by atoms with E-state index >= 15 is 0 Å². The van der Waals surface area contributed by atoms with E-state index in [0.717, 1.165) is 28.6 Å². The van der Waals surface area contributed by atoms with Gasteiger partial charge in [-0.1, -0.05) is 12.1 Å². The van der Waals surface area contributed by atoms with Gasteiger partial charge < -0.3 is 9.64 Å². The lowest BCUT2D eigenvalue weighted by atomic mass is 10.1. The van der Waals surface area contributed by atoms with E-state index in [4.69, 9.17) is 0 Å². The molecule has 33 heavy (non-hydrogen) atoms. The van der Waals surface area contributed by atoms with Crippen LogP contribution in [-0.2, 0) is 21.4 Å². The Morgan fingerprint density at radius 2 is 1.73 bits per heavy atom. The highest BCUT2D eigenvalue weighted by atomic mass is 32.2. The Labute approximate surface area is 189 Å². The molecular weight excluding hydrogens is 464 g/mol. The second kappa shape index (κ2) is 9.82. The second-order valence-corrected chi connectivity index (χ2v) is 9.37. The lowest BCUT2D eigenvalue weighted by molar-refractivity contribution is -0.274. The van der Waals surface area contributed by atoms with Gasteiger partial charge in [0.2, 0.25) is 5.91 Å². The summed E-state index contributed by atoms with van der Waals surface area (Å²) >= 11 is 0. The predicted octanol–water partition coefficient (Wildman–Crippen LogP) is 4.44. The molecular formula is C22H22F4N2O4S. The van der Waals surface area contributed by atoms with Crippen LogP contribution in [0.2, 0.25) is 0 Å². The molecule has 1 amide bonds. The van der Waals surface area contributed by atoms with E-state index < -0.39 is 33.9 Å². The number of halogens is 4. The Morgan fingerprint density at radius 3 is 2.33 bits per heavy atom. The molecule has 3 rings (SSSR count). The lowest BCUT2D eigenvalue weighted by Crippen LogP contribution is -2.35. The quantitative estimate of drug-likeness (QED) is 0.447. The summed E-state index contributed by atoms with van der Waals surface area (Å²) in [7, 11) is -2.55. The van der Waals surface area contributed by atoms with Gasteiger partial charge in [-0.25, -0.2) is 12.8 Å². The van der Waals surface area contributed by atoms with Crippen molar-refractivity contribution in [2.75, 3.05) is 13.6 Å². The van der Waals surface area contributed by atoms with Crippen LogP contribution in [-0.4, -0.2) is 43.5 Å². The fourth-order valence-electron chi connectivity index (χ4n) is 3.38. The minimum absolute atomic E-state index is 0.143. The minimum Gasteiger partial charge on any atom is -0.406 e. The molecule has 0 aliphatic carbocycles. The fourth-order valence-corrected chi connectivity index (χ4v) is 4.94. The third-order valence-corrected chi connectivity index (χ3v) is 6.87. The first-order chi connectivity index (χ1) is 15.5. The number of rotatable bonds is 6. The Hall–Kier alpha value is -3.08. The van der Waals surface area contributed by atoms with Gasteiger partial charge in [0.15, 0.2) is 0 Å².